The van der Waals surface area contributed by atoms with Crippen molar-refractivity contribution >= 4 is 29.6 Å². The number of halogens is 3. The van der Waals surface area contributed by atoms with Crippen LogP contribution in [0.1, 0.15) is 49.4 Å². The third-order valence-electron chi connectivity index (χ3n) is 6.56. The van der Waals surface area contributed by atoms with Crippen molar-refractivity contribution in [2.45, 2.75) is 44.3 Å². The summed E-state index contributed by atoms with van der Waals surface area (Å²) in [5.74, 6) is -0.316. The van der Waals surface area contributed by atoms with Crippen LogP contribution in [0.5, 0.6) is 0 Å². The summed E-state index contributed by atoms with van der Waals surface area (Å²) in [4.78, 5) is 23.8. The van der Waals surface area contributed by atoms with Crippen molar-refractivity contribution in [3.05, 3.63) is 30.2 Å². The van der Waals surface area contributed by atoms with Gasteiger partial charge in [0, 0.05) is 32.0 Å². The summed E-state index contributed by atoms with van der Waals surface area (Å²) in [6.45, 7) is 7.27. The Bertz CT molecular complexity index is 1080. The number of likely N-dealkylation sites (tertiary alicyclic amines) is 1. The number of ether oxygens (including phenoxy) is 1. The summed E-state index contributed by atoms with van der Waals surface area (Å²) >= 11 is 0. The average molecular weight is 523 g/mol. The van der Waals surface area contributed by atoms with Gasteiger partial charge in [-0.1, -0.05) is 6.58 Å². The zero-order valence-corrected chi connectivity index (χ0v) is 20.9. The fourth-order valence-corrected chi connectivity index (χ4v) is 4.43. The van der Waals surface area contributed by atoms with E-state index in [9.17, 15) is 18.0 Å². The molecular weight excluding hydrogens is 489 g/mol. The first kappa shape index (κ1) is 26.7. The van der Waals surface area contributed by atoms with Gasteiger partial charge in [-0.3, -0.25) is 4.68 Å². The number of nitrogens with zero attached hydrogens (tertiary/aromatic N) is 6. The van der Waals surface area contributed by atoms with Crippen LogP contribution in [0.15, 0.2) is 19.0 Å². The standard InChI is InChI=1S/C24H33F3N8O2/c1-3-19-20(16-35(32-19)17-7-12-33(2)13-8-17)30-22-29-15-18(24(25,26)27)21(31-22)28-9-6-11-34-10-4-5-14-37-23(34)36/h3,15-17H,1,4-14H2,2H3,(H2,28,29,30,31). The number of amides is 1. The maximum atomic E-state index is 13.6. The van der Waals surface area contributed by atoms with E-state index in [1.807, 2.05) is 10.9 Å². The van der Waals surface area contributed by atoms with Crippen LogP contribution >= 0.6 is 0 Å². The number of nitrogens with one attached hydrogen (secondary N) is 2. The molecule has 0 atom stereocenters. The highest BCUT2D eigenvalue weighted by molar-refractivity contribution is 5.68. The lowest BCUT2D eigenvalue weighted by Crippen LogP contribution is -2.32. The molecule has 2 aromatic heterocycles. The predicted molar refractivity (Wildman–Crippen MR) is 134 cm³/mol. The van der Waals surface area contributed by atoms with E-state index in [0.29, 0.717) is 37.5 Å². The Balaban J connectivity index is 1.44. The van der Waals surface area contributed by atoms with E-state index >= 15 is 0 Å². The van der Waals surface area contributed by atoms with Gasteiger partial charge in [-0.05, 0) is 58.3 Å². The Morgan fingerprint density at radius 1 is 1.24 bits per heavy atom. The first-order valence-electron chi connectivity index (χ1n) is 12.5. The van der Waals surface area contributed by atoms with Crippen LogP contribution in [0.2, 0.25) is 0 Å². The molecule has 2 fully saturated rings. The van der Waals surface area contributed by atoms with Crippen LogP contribution in [0.4, 0.5) is 35.4 Å². The molecule has 13 heteroatoms. The Morgan fingerprint density at radius 3 is 2.76 bits per heavy atom. The number of piperidine rings is 1. The molecule has 1 amide bonds. The predicted octanol–water partition coefficient (Wildman–Crippen LogP) is 4.38. The minimum Gasteiger partial charge on any atom is -0.449 e. The second-order valence-electron chi connectivity index (χ2n) is 9.31. The lowest BCUT2D eigenvalue weighted by atomic mass is 10.1. The van der Waals surface area contributed by atoms with Crippen molar-refractivity contribution < 1.29 is 22.7 Å². The molecule has 10 nitrogen and oxygen atoms in total. The summed E-state index contributed by atoms with van der Waals surface area (Å²) in [5, 5.41) is 10.4. The van der Waals surface area contributed by atoms with Crippen LogP contribution in [0, 0.1) is 0 Å². The van der Waals surface area contributed by atoms with E-state index in [1.165, 1.54) is 0 Å². The molecule has 202 valence electrons. The largest absolute Gasteiger partial charge is 0.449 e. The number of carbonyl (C=O) groups is 1. The molecule has 0 unspecified atom stereocenters. The quantitative estimate of drug-likeness (QED) is 0.468. The summed E-state index contributed by atoms with van der Waals surface area (Å²) in [5.41, 5.74) is 0.179. The molecule has 0 radical (unpaired) electrons. The zero-order valence-electron chi connectivity index (χ0n) is 20.9. The van der Waals surface area contributed by atoms with E-state index in [2.05, 4.69) is 44.2 Å². The highest BCUT2D eigenvalue weighted by atomic mass is 19.4. The van der Waals surface area contributed by atoms with Crippen LogP contribution < -0.4 is 10.6 Å². The minimum absolute atomic E-state index is 0.0117. The van der Waals surface area contributed by atoms with Gasteiger partial charge in [-0.25, -0.2) is 9.78 Å². The van der Waals surface area contributed by atoms with E-state index in [1.54, 1.807) is 11.0 Å². The number of hydrogen-bond acceptors (Lipinski definition) is 8. The molecule has 37 heavy (non-hydrogen) atoms. The van der Waals surface area contributed by atoms with E-state index in [-0.39, 0.29) is 30.4 Å². The van der Waals surface area contributed by atoms with Gasteiger partial charge in [-0.15, -0.1) is 0 Å². The van der Waals surface area contributed by atoms with E-state index < -0.39 is 11.7 Å². The Morgan fingerprint density at radius 2 is 2.03 bits per heavy atom. The second-order valence-corrected chi connectivity index (χ2v) is 9.31. The molecule has 0 aliphatic carbocycles. The van der Waals surface area contributed by atoms with E-state index in [0.717, 1.165) is 45.0 Å². The lowest BCUT2D eigenvalue weighted by molar-refractivity contribution is -0.137. The average Bonchev–Trinajstić information content (AvgIpc) is 3.15. The highest BCUT2D eigenvalue weighted by Gasteiger charge is 2.35. The number of carbonyl (C=O) groups excluding carboxylic acids is 1. The second kappa shape index (κ2) is 11.8. The van der Waals surface area contributed by atoms with Crippen LogP contribution in [-0.2, 0) is 10.9 Å². The van der Waals surface area contributed by atoms with Crippen molar-refractivity contribution in [3.8, 4) is 0 Å². The normalized spacial score (nSPS) is 17.8. The molecule has 0 aromatic carbocycles. The maximum absolute atomic E-state index is 13.6. The summed E-state index contributed by atoms with van der Waals surface area (Å²) in [6.07, 6.45) is 3.13. The molecule has 0 saturated carbocycles. The Labute approximate surface area is 213 Å². The first-order chi connectivity index (χ1) is 17.7. The fourth-order valence-electron chi connectivity index (χ4n) is 4.43. The van der Waals surface area contributed by atoms with Crippen LogP contribution in [-0.4, -0.2) is 82.0 Å². The first-order valence-corrected chi connectivity index (χ1v) is 12.5. The molecule has 4 heterocycles. The number of rotatable bonds is 9. The molecule has 2 aliphatic heterocycles. The van der Waals surface area contributed by atoms with Crippen molar-refractivity contribution in [1.29, 1.82) is 0 Å². The molecule has 2 saturated heterocycles. The van der Waals surface area contributed by atoms with Gasteiger partial charge in [0.25, 0.3) is 0 Å². The van der Waals surface area contributed by atoms with Crippen LogP contribution in [0.3, 0.4) is 0 Å². The molecule has 4 rings (SSSR count). The van der Waals surface area contributed by atoms with Gasteiger partial charge in [0.2, 0.25) is 5.95 Å². The summed E-state index contributed by atoms with van der Waals surface area (Å²) < 4.78 is 47.8. The number of aromatic nitrogens is 4. The topological polar surface area (TPSA) is 100 Å². The highest BCUT2D eigenvalue weighted by Crippen LogP contribution is 2.34. The molecule has 2 aliphatic rings. The SMILES string of the molecule is C=Cc1nn(C2CCN(C)CC2)cc1Nc1ncc(C(F)(F)F)c(NCCCN2CCCCOC2=O)n1. The summed E-state index contributed by atoms with van der Waals surface area (Å²) in [6, 6.07) is 0.234. The van der Waals surface area contributed by atoms with Gasteiger partial charge in [-0.2, -0.15) is 23.3 Å². The van der Waals surface area contributed by atoms with Gasteiger partial charge in [0.1, 0.15) is 17.1 Å². The van der Waals surface area contributed by atoms with Crippen LogP contribution in [0.25, 0.3) is 6.08 Å². The monoisotopic (exact) mass is 522 g/mol. The zero-order chi connectivity index (χ0) is 26.4. The number of alkyl halides is 3. The minimum atomic E-state index is -4.62. The molecule has 0 spiro atoms. The molecule has 2 N–H and O–H groups in total. The van der Waals surface area contributed by atoms with Crippen molar-refractivity contribution in [2.24, 2.45) is 0 Å². The van der Waals surface area contributed by atoms with E-state index in [4.69, 9.17) is 4.74 Å². The van der Waals surface area contributed by atoms with Crippen molar-refractivity contribution in [1.82, 2.24) is 29.5 Å². The molecule has 0 bridgehead atoms. The van der Waals surface area contributed by atoms with Crippen molar-refractivity contribution in [2.75, 3.05) is 57.0 Å². The summed E-state index contributed by atoms with van der Waals surface area (Å²) in [7, 11) is 2.08. The number of anilines is 3. The lowest BCUT2D eigenvalue weighted by Gasteiger charge is -2.28. The van der Waals surface area contributed by atoms with Gasteiger partial charge in [0.15, 0.2) is 0 Å². The Kier molecular flexibility index (Phi) is 8.52. The number of hydrogen-bond donors (Lipinski definition) is 2. The maximum Gasteiger partial charge on any atom is 0.421 e. The molecule has 2 aromatic rings. The van der Waals surface area contributed by atoms with Gasteiger partial charge in [0.05, 0.1) is 18.3 Å². The fraction of sp³-hybridized carbons (Fsp3) is 0.583. The smallest absolute Gasteiger partial charge is 0.421 e. The van der Waals surface area contributed by atoms with Crippen molar-refractivity contribution in [3.63, 3.8) is 0 Å². The Hall–Kier alpha value is -3.35. The number of cyclic esters (lactones) is 1. The van der Waals surface area contributed by atoms with Gasteiger partial charge >= 0.3 is 12.3 Å². The third-order valence-corrected chi connectivity index (χ3v) is 6.56. The third kappa shape index (κ3) is 6.90. The molecular formula is C24H33F3N8O2. The van der Waals surface area contributed by atoms with Gasteiger partial charge < -0.3 is 25.2 Å².